The molecular weight excluding hydrogens is 360 g/mol. The smallest absolute Gasteiger partial charge is 0.119 e. The van der Waals surface area contributed by atoms with Crippen LogP contribution in [0.15, 0.2) is 72.8 Å². The molecular formula is C22H22O2S2. The lowest BCUT2D eigenvalue weighted by molar-refractivity contribution is 0.300. The summed E-state index contributed by atoms with van der Waals surface area (Å²) in [5.74, 6) is 3.20. The molecule has 0 saturated heterocycles. The Bertz CT molecular complexity index is 748. The Labute approximate surface area is 166 Å². The van der Waals surface area contributed by atoms with Crippen LogP contribution in [-0.2, 0) is 24.7 Å². The molecule has 0 unspecified atom stereocenters. The van der Waals surface area contributed by atoms with Crippen molar-refractivity contribution in [3.63, 3.8) is 0 Å². The van der Waals surface area contributed by atoms with Crippen LogP contribution >= 0.6 is 25.3 Å². The predicted octanol–water partition coefficient (Wildman–Crippen LogP) is 5.70. The van der Waals surface area contributed by atoms with Crippen molar-refractivity contribution in [2.45, 2.75) is 24.7 Å². The summed E-state index contributed by atoms with van der Waals surface area (Å²) < 4.78 is 11.7. The van der Waals surface area contributed by atoms with Crippen molar-refractivity contribution in [3.8, 4) is 11.5 Å². The van der Waals surface area contributed by atoms with Crippen LogP contribution in [-0.4, -0.2) is 0 Å². The first-order valence-electron chi connectivity index (χ1n) is 8.50. The third-order valence-corrected chi connectivity index (χ3v) is 4.74. The molecule has 0 aromatic heterocycles. The molecule has 4 heteroatoms. The quantitative estimate of drug-likeness (QED) is 0.487. The van der Waals surface area contributed by atoms with E-state index in [9.17, 15) is 0 Å². The van der Waals surface area contributed by atoms with Gasteiger partial charge in [0.1, 0.15) is 24.7 Å². The number of hydrogen-bond donors (Lipinski definition) is 2. The van der Waals surface area contributed by atoms with E-state index < -0.39 is 0 Å². The van der Waals surface area contributed by atoms with Gasteiger partial charge in [0.05, 0.1) is 0 Å². The highest BCUT2D eigenvalue weighted by Crippen LogP contribution is 2.18. The average molecular weight is 383 g/mol. The van der Waals surface area contributed by atoms with Crippen molar-refractivity contribution >= 4 is 25.3 Å². The molecule has 0 saturated carbocycles. The van der Waals surface area contributed by atoms with Crippen LogP contribution in [0.5, 0.6) is 11.5 Å². The van der Waals surface area contributed by atoms with E-state index in [2.05, 4.69) is 43.5 Å². The van der Waals surface area contributed by atoms with Gasteiger partial charge >= 0.3 is 0 Å². The zero-order valence-electron chi connectivity index (χ0n) is 14.5. The standard InChI is InChI=1S/C22H22O2S2/c25-15-17-4-8-21(9-5-17)23-13-19-2-1-3-20(12-19)14-24-22-10-6-18(16-26)7-11-22/h1-12,25-26H,13-16H2. The summed E-state index contributed by atoms with van der Waals surface area (Å²) in [5.41, 5.74) is 4.61. The number of benzene rings is 3. The molecule has 3 rings (SSSR count). The van der Waals surface area contributed by atoms with Gasteiger partial charge in [-0.3, -0.25) is 0 Å². The molecule has 0 spiro atoms. The van der Waals surface area contributed by atoms with Gasteiger partial charge in [-0.2, -0.15) is 25.3 Å². The fourth-order valence-corrected chi connectivity index (χ4v) is 2.95. The minimum atomic E-state index is 0.532. The van der Waals surface area contributed by atoms with E-state index >= 15 is 0 Å². The molecule has 0 amide bonds. The molecule has 0 aliphatic carbocycles. The first-order valence-corrected chi connectivity index (χ1v) is 9.76. The fraction of sp³-hybridized carbons (Fsp3) is 0.182. The number of ether oxygens (including phenoxy) is 2. The first-order chi connectivity index (χ1) is 12.8. The Morgan fingerprint density at radius 2 is 0.962 bits per heavy atom. The maximum absolute atomic E-state index is 5.86. The molecule has 0 bridgehead atoms. The molecule has 0 heterocycles. The molecule has 0 radical (unpaired) electrons. The fourth-order valence-electron chi connectivity index (χ4n) is 2.52. The van der Waals surface area contributed by atoms with Crippen LogP contribution in [0.2, 0.25) is 0 Å². The zero-order valence-corrected chi connectivity index (χ0v) is 16.3. The maximum Gasteiger partial charge on any atom is 0.119 e. The minimum absolute atomic E-state index is 0.532. The predicted molar refractivity (Wildman–Crippen MR) is 113 cm³/mol. The summed E-state index contributed by atoms with van der Waals surface area (Å²) in [6, 6.07) is 24.3. The van der Waals surface area contributed by atoms with E-state index in [0.717, 1.165) is 34.1 Å². The van der Waals surface area contributed by atoms with Crippen LogP contribution in [0.1, 0.15) is 22.3 Å². The van der Waals surface area contributed by atoms with Gasteiger partial charge in [0.15, 0.2) is 0 Å². The highest BCUT2D eigenvalue weighted by Gasteiger charge is 2.01. The van der Waals surface area contributed by atoms with E-state index in [0.29, 0.717) is 13.2 Å². The maximum atomic E-state index is 5.86. The topological polar surface area (TPSA) is 18.5 Å². The Kier molecular flexibility index (Phi) is 6.92. The Balaban J connectivity index is 1.55. The lowest BCUT2D eigenvalue weighted by atomic mass is 10.1. The van der Waals surface area contributed by atoms with Crippen LogP contribution in [0.25, 0.3) is 0 Å². The number of thiol groups is 2. The van der Waals surface area contributed by atoms with Crippen molar-refractivity contribution < 1.29 is 9.47 Å². The molecule has 0 atom stereocenters. The van der Waals surface area contributed by atoms with Crippen molar-refractivity contribution in [3.05, 3.63) is 95.1 Å². The van der Waals surface area contributed by atoms with Crippen molar-refractivity contribution in [2.24, 2.45) is 0 Å². The van der Waals surface area contributed by atoms with E-state index in [1.54, 1.807) is 0 Å². The van der Waals surface area contributed by atoms with Gasteiger partial charge < -0.3 is 9.47 Å². The third kappa shape index (κ3) is 5.48. The molecule has 3 aromatic rings. The second-order valence-electron chi connectivity index (χ2n) is 6.00. The average Bonchev–Trinajstić information content (AvgIpc) is 2.72. The molecule has 0 fully saturated rings. The van der Waals surface area contributed by atoms with Crippen LogP contribution in [0.3, 0.4) is 0 Å². The van der Waals surface area contributed by atoms with Gasteiger partial charge in [0, 0.05) is 11.5 Å². The van der Waals surface area contributed by atoms with E-state index in [1.165, 1.54) is 11.1 Å². The van der Waals surface area contributed by atoms with Crippen molar-refractivity contribution in [1.82, 2.24) is 0 Å². The van der Waals surface area contributed by atoms with Crippen LogP contribution in [0, 0.1) is 0 Å². The van der Waals surface area contributed by atoms with Gasteiger partial charge in [-0.05, 0) is 52.6 Å². The van der Waals surface area contributed by atoms with E-state index in [4.69, 9.17) is 9.47 Å². The highest BCUT2D eigenvalue weighted by atomic mass is 32.1. The molecule has 26 heavy (non-hydrogen) atoms. The summed E-state index contributed by atoms with van der Waals surface area (Å²) in [4.78, 5) is 0. The summed E-state index contributed by atoms with van der Waals surface area (Å²) in [7, 11) is 0. The molecule has 0 aliphatic rings. The lowest BCUT2D eigenvalue weighted by Gasteiger charge is -2.10. The van der Waals surface area contributed by atoms with E-state index in [1.807, 2.05) is 54.6 Å². The Hall–Kier alpha value is -2.04. The van der Waals surface area contributed by atoms with Crippen molar-refractivity contribution in [1.29, 1.82) is 0 Å². The van der Waals surface area contributed by atoms with Gasteiger partial charge in [-0.1, -0.05) is 42.5 Å². The Morgan fingerprint density at radius 1 is 0.538 bits per heavy atom. The largest absolute Gasteiger partial charge is 0.489 e. The minimum Gasteiger partial charge on any atom is -0.489 e. The SMILES string of the molecule is SCc1ccc(OCc2cccc(COc3ccc(CS)cc3)c2)cc1. The summed E-state index contributed by atoms with van der Waals surface area (Å²) in [5, 5.41) is 0. The lowest BCUT2D eigenvalue weighted by Crippen LogP contribution is -1.99. The number of rotatable bonds is 8. The van der Waals surface area contributed by atoms with Crippen LogP contribution in [0.4, 0.5) is 0 Å². The molecule has 3 aromatic carbocycles. The normalized spacial score (nSPS) is 10.5. The molecule has 0 aliphatic heterocycles. The highest BCUT2D eigenvalue weighted by molar-refractivity contribution is 7.79. The van der Waals surface area contributed by atoms with Gasteiger partial charge in [-0.25, -0.2) is 0 Å². The number of hydrogen-bond acceptors (Lipinski definition) is 4. The van der Waals surface area contributed by atoms with Gasteiger partial charge in [0.25, 0.3) is 0 Å². The van der Waals surface area contributed by atoms with Crippen LogP contribution < -0.4 is 9.47 Å². The van der Waals surface area contributed by atoms with Crippen molar-refractivity contribution in [2.75, 3.05) is 0 Å². The third-order valence-electron chi connectivity index (χ3n) is 4.01. The van der Waals surface area contributed by atoms with Gasteiger partial charge in [0.2, 0.25) is 0 Å². The monoisotopic (exact) mass is 382 g/mol. The molecule has 134 valence electrons. The van der Waals surface area contributed by atoms with E-state index in [-0.39, 0.29) is 0 Å². The second kappa shape index (κ2) is 9.60. The zero-order chi connectivity index (χ0) is 18.2. The second-order valence-corrected chi connectivity index (χ2v) is 6.63. The Morgan fingerprint density at radius 3 is 1.35 bits per heavy atom. The molecule has 0 N–H and O–H groups in total. The summed E-state index contributed by atoms with van der Waals surface area (Å²) >= 11 is 8.53. The summed E-state index contributed by atoms with van der Waals surface area (Å²) in [6.07, 6.45) is 0. The van der Waals surface area contributed by atoms with Gasteiger partial charge in [-0.15, -0.1) is 0 Å². The first kappa shape index (κ1) is 18.7. The summed E-state index contributed by atoms with van der Waals surface area (Å²) in [6.45, 7) is 1.06. The molecule has 2 nitrogen and oxygen atoms in total.